The molecule has 6 nitrogen and oxygen atoms in total. The molecule has 0 aliphatic heterocycles. The normalized spacial score (nSPS) is 12.2. The minimum absolute atomic E-state index is 0.0132. The molecule has 1 aromatic rings. The molecule has 94 valence electrons. The highest BCUT2D eigenvalue weighted by molar-refractivity contribution is 6.28. The number of rotatable bonds is 5. The zero-order chi connectivity index (χ0) is 13.0. The summed E-state index contributed by atoms with van der Waals surface area (Å²) in [6.07, 6.45) is 1.89. The Morgan fingerprint density at radius 3 is 2.71 bits per heavy atom. The average Bonchev–Trinajstić information content (AvgIpc) is 2.15. The molecule has 1 N–H and O–H groups in total. The van der Waals surface area contributed by atoms with Crippen LogP contribution in [0.1, 0.15) is 32.4 Å². The first-order valence-corrected chi connectivity index (χ1v) is 5.78. The lowest BCUT2D eigenvalue weighted by molar-refractivity contribution is -0.385. The van der Waals surface area contributed by atoms with Gasteiger partial charge in [0.1, 0.15) is 5.69 Å². The van der Waals surface area contributed by atoms with Crippen LogP contribution in [-0.2, 0) is 0 Å². The first kappa shape index (κ1) is 13.6. The lowest BCUT2D eigenvalue weighted by atomic mass is 10.2. The molecule has 1 atom stereocenters. The summed E-state index contributed by atoms with van der Waals surface area (Å²) < 4.78 is 0. The van der Waals surface area contributed by atoms with Crippen LogP contribution in [0.3, 0.4) is 0 Å². The quantitative estimate of drug-likeness (QED) is 0.499. The van der Waals surface area contributed by atoms with Crippen molar-refractivity contribution >= 4 is 23.1 Å². The molecular formula is C10H15ClN4O2. The summed E-state index contributed by atoms with van der Waals surface area (Å²) in [6, 6.07) is 0.101. The fraction of sp³-hybridized carbons (Fsp3) is 0.600. The molecule has 0 saturated carbocycles. The van der Waals surface area contributed by atoms with E-state index < -0.39 is 4.92 Å². The number of aryl methyl sites for hydroxylation is 1. The van der Waals surface area contributed by atoms with Gasteiger partial charge >= 0.3 is 5.69 Å². The Labute approximate surface area is 105 Å². The molecule has 0 spiro atoms. The number of nitro groups is 1. The van der Waals surface area contributed by atoms with Crippen LogP contribution in [0.4, 0.5) is 11.5 Å². The Kier molecular flexibility index (Phi) is 4.62. The number of hydrogen-bond acceptors (Lipinski definition) is 5. The first-order valence-electron chi connectivity index (χ1n) is 5.40. The monoisotopic (exact) mass is 258 g/mol. The Balaban J connectivity index is 3.08. The average molecular weight is 259 g/mol. The lowest BCUT2D eigenvalue weighted by Crippen LogP contribution is -2.17. The highest BCUT2D eigenvalue weighted by atomic mass is 35.5. The summed E-state index contributed by atoms with van der Waals surface area (Å²) in [4.78, 5) is 18.1. The zero-order valence-corrected chi connectivity index (χ0v) is 10.8. The topological polar surface area (TPSA) is 81.0 Å². The summed E-state index contributed by atoms with van der Waals surface area (Å²) in [6.45, 7) is 5.53. The molecule has 17 heavy (non-hydrogen) atoms. The van der Waals surface area contributed by atoms with E-state index in [1.54, 1.807) is 6.92 Å². The molecule has 1 unspecified atom stereocenters. The third-order valence-electron chi connectivity index (χ3n) is 2.32. The molecule has 1 heterocycles. The molecule has 0 saturated heterocycles. The van der Waals surface area contributed by atoms with Crippen molar-refractivity contribution in [2.45, 2.75) is 39.7 Å². The van der Waals surface area contributed by atoms with E-state index in [2.05, 4.69) is 15.3 Å². The Bertz CT molecular complexity index is 425. The highest BCUT2D eigenvalue weighted by Gasteiger charge is 2.22. The van der Waals surface area contributed by atoms with Gasteiger partial charge in [-0.15, -0.1) is 0 Å². The number of halogens is 1. The van der Waals surface area contributed by atoms with Crippen molar-refractivity contribution in [3.63, 3.8) is 0 Å². The summed E-state index contributed by atoms with van der Waals surface area (Å²) in [5, 5.41) is 13.9. The Morgan fingerprint density at radius 1 is 1.53 bits per heavy atom. The van der Waals surface area contributed by atoms with E-state index in [1.165, 1.54) is 0 Å². The van der Waals surface area contributed by atoms with Gasteiger partial charge in [0.25, 0.3) is 0 Å². The molecule has 0 amide bonds. The number of anilines is 1. The van der Waals surface area contributed by atoms with E-state index in [0.717, 1.165) is 12.8 Å². The van der Waals surface area contributed by atoms with Crippen LogP contribution < -0.4 is 5.32 Å². The van der Waals surface area contributed by atoms with Gasteiger partial charge in [0.2, 0.25) is 11.1 Å². The highest BCUT2D eigenvalue weighted by Crippen LogP contribution is 2.27. The fourth-order valence-electron chi connectivity index (χ4n) is 1.59. The van der Waals surface area contributed by atoms with E-state index >= 15 is 0 Å². The van der Waals surface area contributed by atoms with Gasteiger partial charge in [0.05, 0.1) is 4.92 Å². The SMILES string of the molecule is CCCC(C)Nc1nc(Cl)nc(C)c1[N+](=O)[O-]. The minimum Gasteiger partial charge on any atom is -0.362 e. The third-order valence-corrected chi connectivity index (χ3v) is 2.49. The maximum absolute atomic E-state index is 10.9. The smallest absolute Gasteiger partial charge is 0.332 e. The molecule has 0 aliphatic carbocycles. The molecule has 7 heteroatoms. The van der Waals surface area contributed by atoms with Gasteiger partial charge in [-0.3, -0.25) is 10.1 Å². The summed E-state index contributed by atoms with van der Waals surface area (Å²) in [7, 11) is 0. The third kappa shape index (κ3) is 3.52. The van der Waals surface area contributed by atoms with Gasteiger partial charge in [-0.25, -0.2) is 4.98 Å². The van der Waals surface area contributed by atoms with Crippen LogP contribution in [0, 0.1) is 17.0 Å². The van der Waals surface area contributed by atoms with E-state index in [1.807, 2.05) is 13.8 Å². The summed E-state index contributed by atoms with van der Waals surface area (Å²) in [5.41, 5.74) is 0.151. The molecule has 0 bridgehead atoms. The number of nitrogens with zero attached hydrogens (tertiary/aromatic N) is 3. The predicted octanol–water partition coefficient (Wildman–Crippen LogP) is 2.95. The molecule has 1 aromatic heterocycles. The lowest BCUT2D eigenvalue weighted by Gasteiger charge is -2.13. The Morgan fingerprint density at radius 2 is 2.18 bits per heavy atom. The van der Waals surface area contributed by atoms with Crippen LogP contribution in [0.25, 0.3) is 0 Å². The maximum Gasteiger partial charge on any atom is 0.332 e. The second-order valence-electron chi connectivity index (χ2n) is 3.87. The number of hydrogen-bond donors (Lipinski definition) is 1. The van der Waals surface area contributed by atoms with Crippen LogP contribution in [-0.4, -0.2) is 20.9 Å². The van der Waals surface area contributed by atoms with Gasteiger partial charge in [0, 0.05) is 6.04 Å². The van der Waals surface area contributed by atoms with E-state index in [9.17, 15) is 10.1 Å². The van der Waals surface area contributed by atoms with Crippen LogP contribution >= 0.6 is 11.6 Å². The fourth-order valence-corrected chi connectivity index (χ4v) is 1.80. The van der Waals surface area contributed by atoms with Crippen LogP contribution in [0.5, 0.6) is 0 Å². The largest absolute Gasteiger partial charge is 0.362 e. The second kappa shape index (κ2) is 5.77. The Hall–Kier alpha value is -1.43. The van der Waals surface area contributed by atoms with Crippen molar-refractivity contribution in [3.05, 3.63) is 21.1 Å². The maximum atomic E-state index is 10.9. The van der Waals surface area contributed by atoms with E-state index in [4.69, 9.17) is 11.6 Å². The van der Waals surface area contributed by atoms with Crippen molar-refractivity contribution in [2.75, 3.05) is 5.32 Å². The predicted molar refractivity (Wildman–Crippen MR) is 66.4 cm³/mol. The molecule has 0 fully saturated rings. The van der Waals surface area contributed by atoms with E-state index in [0.29, 0.717) is 0 Å². The molecule has 0 aromatic carbocycles. The number of aromatic nitrogens is 2. The first-order chi connectivity index (χ1) is 7.95. The van der Waals surface area contributed by atoms with Gasteiger partial charge in [0.15, 0.2) is 0 Å². The van der Waals surface area contributed by atoms with Crippen molar-refractivity contribution in [3.8, 4) is 0 Å². The van der Waals surface area contributed by atoms with Gasteiger partial charge in [-0.05, 0) is 31.9 Å². The minimum atomic E-state index is -0.493. The zero-order valence-electron chi connectivity index (χ0n) is 10.0. The molecule has 1 rings (SSSR count). The molecule has 0 radical (unpaired) electrons. The van der Waals surface area contributed by atoms with Crippen molar-refractivity contribution in [1.82, 2.24) is 9.97 Å². The van der Waals surface area contributed by atoms with Crippen LogP contribution in [0.15, 0.2) is 0 Å². The van der Waals surface area contributed by atoms with Gasteiger partial charge in [-0.1, -0.05) is 13.3 Å². The molecule has 0 aliphatic rings. The van der Waals surface area contributed by atoms with Crippen molar-refractivity contribution in [2.24, 2.45) is 0 Å². The number of nitrogens with one attached hydrogen (secondary N) is 1. The standard InChI is InChI=1S/C10H15ClN4O2/c1-4-5-6(2)12-9-8(15(16)17)7(3)13-10(11)14-9/h6H,4-5H2,1-3H3,(H,12,13,14). The van der Waals surface area contributed by atoms with Crippen molar-refractivity contribution in [1.29, 1.82) is 0 Å². The second-order valence-corrected chi connectivity index (χ2v) is 4.20. The van der Waals surface area contributed by atoms with Gasteiger partial charge < -0.3 is 5.32 Å². The summed E-state index contributed by atoms with van der Waals surface area (Å²) >= 11 is 5.70. The van der Waals surface area contributed by atoms with Crippen molar-refractivity contribution < 1.29 is 4.92 Å². The van der Waals surface area contributed by atoms with Crippen LogP contribution in [0.2, 0.25) is 5.28 Å². The summed E-state index contributed by atoms with van der Waals surface area (Å²) in [5.74, 6) is 0.188. The van der Waals surface area contributed by atoms with E-state index in [-0.39, 0.29) is 28.5 Å². The molecular weight excluding hydrogens is 244 g/mol. The van der Waals surface area contributed by atoms with Gasteiger partial charge in [-0.2, -0.15) is 4.98 Å².